The van der Waals surface area contributed by atoms with Crippen LogP contribution in [-0.4, -0.2) is 49.9 Å². The highest BCUT2D eigenvalue weighted by Gasteiger charge is 2.40. The van der Waals surface area contributed by atoms with Crippen LogP contribution in [0.25, 0.3) is 0 Å². The molecule has 2 aliphatic rings. The van der Waals surface area contributed by atoms with E-state index >= 15 is 0 Å². The molecule has 1 fully saturated rings. The normalized spacial score (nSPS) is 17.4. The van der Waals surface area contributed by atoms with E-state index in [1.165, 1.54) is 31.3 Å². The van der Waals surface area contributed by atoms with Gasteiger partial charge in [-0.2, -0.15) is 0 Å². The molecular weight excluding hydrogens is 512 g/mol. The molecule has 3 aromatic carbocycles. The predicted molar refractivity (Wildman–Crippen MR) is 149 cm³/mol. The summed E-state index contributed by atoms with van der Waals surface area (Å²) in [6.45, 7) is -0.0216. The third-order valence-electron chi connectivity index (χ3n) is 7.33. The number of rotatable bonds is 8. The van der Waals surface area contributed by atoms with E-state index in [1.807, 2.05) is 6.07 Å². The number of phenols is 1. The van der Waals surface area contributed by atoms with Crippen LogP contribution in [0.3, 0.4) is 0 Å². The van der Waals surface area contributed by atoms with Gasteiger partial charge in [0.05, 0.1) is 14.2 Å². The molecule has 2 N–H and O–H groups in total. The smallest absolute Gasteiger partial charge is 0.272 e. The molecule has 9 heteroatoms. The van der Waals surface area contributed by atoms with Gasteiger partial charge in [-0.25, -0.2) is 0 Å². The number of ether oxygens (including phenoxy) is 4. The molecule has 0 saturated heterocycles. The van der Waals surface area contributed by atoms with Crippen LogP contribution >= 0.6 is 0 Å². The molecule has 1 aliphatic carbocycles. The summed E-state index contributed by atoms with van der Waals surface area (Å²) in [5.74, 6) is 1.16. The number of hydrogen-bond acceptors (Lipinski definition) is 7. The zero-order valence-corrected chi connectivity index (χ0v) is 22.7. The first-order valence-corrected chi connectivity index (χ1v) is 13.5. The lowest BCUT2D eigenvalue weighted by Gasteiger charge is -2.36. The maximum atomic E-state index is 14.4. The summed E-state index contributed by atoms with van der Waals surface area (Å²) in [7, 11) is 3.04. The second kappa shape index (κ2) is 12.2. The van der Waals surface area contributed by atoms with Crippen molar-refractivity contribution in [1.29, 1.82) is 0 Å². The Hall–Kier alpha value is -4.40. The van der Waals surface area contributed by atoms with Crippen molar-refractivity contribution in [2.24, 2.45) is 0 Å². The van der Waals surface area contributed by atoms with Gasteiger partial charge in [-0.3, -0.25) is 14.5 Å². The Morgan fingerprint density at radius 2 is 1.62 bits per heavy atom. The summed E-state index contributed by atoms with van der Waals surface area (Å²) in [5.41, 5.74) is 0.952. The first-order chi connectivity index (χ1) is 19.5. The Morgan fingerprint density at radius 1 is 0.925 bits per heavy atom. The Morgan fingerprint density at radius 3 is 2.33 bits per heavy atom. The summed E-state index contributed by atoms with van der Waals surface area (Å²) in [6.07, 6.45) is 3.98. The van der Waals surface area contributed by atoms with E-state index in [0.29, 0.717) is 34.2 Å². The SMILES string of the molecule is COc1ccc(N(C(=O)[C@H]2COc3ccccc3O2)[C@@H](C(=O)NC2CCCCC2)c2ccc(O)cc2)cc1OC. The standard InChI is InChI=1S/C31H34N2O7/c1-37-24-17-14-22(18-27(24)38-2)33(31(36)28-19-39-25-10-6-7-11-26(25)40-28)29(20-12-15-23(34)16-13-20)30(35)32-21-8-4-3-5-9-21/h6-7,10-18,21,28-29,34H,3-5,8-9,19H2,1-2H3,(H,32,35)/t28-,29-/m1/s1. The fourth-order valence-corrected chi connectivity index (χ4v) is 5.28. The van der Waals surface area contributed by atoms with E-state index < -0.39 is 18.1 Å². The van der Waals surface area contributed by atoms with Gasteiger partial charge in [-0.15, -0.1) is 0 Å². The van der Waals surface area contributed by atoms with Crippen molar-refractivity contribution in [3.8, 4) is 28.7 Å². The zero-order chi connectivity index (χ0) is 28.1. The van der Waals surface area contributed by atoms with Crippen LogP contribution < -0.4 is 29.2 Å². The van der Waals surface area contributed by atoms with Gasteiger partial charge >= 0.3 is 0 Å². The van der Waals surface area contributed by atoms with Crippen molar-refractivity contribution in [1.82, 2.24) is 5.32 Å². The summed E-state index contributed by atoms with van der Waals surface area (Å²) in [6, 6.07) is 17.5. The number of carbonyl (C=O) groups is 2. The van der Waals surface area contributed by atoms with Crippen LogP contribution in [0.2, 0.25) is 0 Å². The average molecular weight is 547 g/mol. The van der Waals surface area contributed by atoms with Gasteiger partial charge in [0, 0.05) is 17.8 Å². The van der Waals surface area contributed by atoms with Crippen molar-refractivity contribution >= 4 is 17.5 Å². The molecule has 0 aromatic heterocycles. The number of nitrogens with zero attached hydrogens (tertiary/aromatic N) is 1. The lowest BCUT2D eigenvalue weighted by Crippen LogP contribution is -2.52. The maximum absolute atomic E-state index is 14.4. The number of carbonyl (C=O) groups excluding carboxylic acids is 2. The molecule has 2 atom stereocenters. The monoisotopic (exact) mass is 546 g/mol. The molecule has 0 spiro atoms. The van der Waals surface area contributed by atoms with Crippen molar-refractivity contribution < 1.29 is 33.6 Å². The molecule has 0 radical (unpaired) electrons. The van der Waals surface area contributed by atoms with Crippen LogP contribution in [-0.2, 0) is 9.59 Å². The summed E-state index contributed by atoms with van der Waals surface area (Å²) >= 11 is 0. The zero-order valence-electron chi connectivity index (χ0n) is 22.7. The van der Waals surface area contributed by atoms with Crippen molar-refractivity contribution in [2.45, 2.75) is 50.3 Å². The fraction of sp³-hybridized carbons (Fsp3) is 0.355. The number of anilines is 1. The largest absolute Gasteiger partial charge is 0.508 e. The molecule has 5 rings (SSSR count). The van der Waals surface area contributed by atoms with Gasteiger partial charge in [0.25, 0.3) is 5.91 Å². The highest BCUT2D eigenvalue weighted by atomic mass is 16.6. The summed E-state index contributed by atoms with van der Waals surface area (Å²) < 4.78 is 22.9. The Kier molecular flexibility index (Phi) is 8.28. The van der Waals surface area contributed by atoms with E-state index in [2.05, 4.69) is 5.32 Å². The topological polar surface area (TPSA) is 107 Å². The Bertz CT molecular complexity index is 1340. The molecule has 2 amide bonds. The molecule has 1 saturated carbocycles. The lowest BCUT2D eigenvalue weighted by molar-refractivity contribution is -0.132. The molecule has 3 aromatic rings. The fourth-order valence-electron chi connectivity index (χ4n) is 5.28. The van der Waals surface area contributed by atoms with Crippen LogP contribution in [0.1, 0.15) is 43.7 Å². The van der Waals surface area contributed by atoms with Gasteiger partial charge in [0.1, 0.15) is 18.4 Å². The van der Waals surface area contributed by atoms with Gasteiger partial charge in [-0.1, -0.05) is 43.5 Å². The molecule has 0 unspecified atom stereocenters. The first kappa shape index (κ1) is 27.2. The minimum Gasteiger partial charge on any atom is -0.508 e. The number of methoxy groups -OCH3 is 2. The Balaban J connectivity index is 1.58. The number of para-hydroxylation sites is 2. The number of phenolic OH excluding ortho intramolecular Hbond substituents is 1. The van der Waals surface area contributed by atoms with Crippen LogP contribution in [0.15, 0.2) is 66.7 Å². The second-order valence-electron chi connectivity index (χ2n) is 9.95. The average Bonchev–Trinajstić information content (AvgIpc) is 3.00. The number of hydrogen-bond donors (Lipinski definition) is 2. The maximum Gasteiger partial charge on any atom is 0.272 e. The quantitative estimate of drug-likeness (QED) is 0.419. The second-order valence-corrected chi connectivity index (χ2v) is 9.95. The molecule has 40 heavy (non-hydrogen) atoms. The highest BCUT2D eigenvalue weighted by Crippen LogP contribution is 2.38. The van der Waals surface area contributed by atoms with E-state index in [9.17, 15) is 14.7 Å². The van der Waals surface area contributed by atoms with Crippen LogP contribution in [0.4, 0.5) is 5.69 Å². The minimum absolute atomic E-state index is 0.0179. The number of amides is 2. The van der Waals surface area contributed by atoms with Gasteiger partial charge in [0.15, 0.2) is 23.0 Å². The summed E-state index contributed by atoms with van der Waals surface area (Å²) in [4.78, 5) is 29.9. The van der Waals surface area contributed by atoms with E-state index in [4.69, 9.17) is 18.9 Å². The first-order valence-electron chi connectivity index (χ1n) is 13.5. The number of nitrogens with one attached hydrogen (secondary N) is 1. The molecule has 0 bridgehead atoms. The summed E-state index contributed by atoms with van der Waals surface area (Å²) in [5, 5.41) is 13.2. The van der Waals surface area contributed by atoms with Crippen LogP contribution in [0.5, 0.6) is 28.7 Å². The van der Waals surface area contributed by atoms with Crippen molar-refractivity contribution in [3.05, 3.63) is 72.3 Å². The van der Waals surface area contributed by atoms with Gasteiger partial charge < -0.3 is 29.4 Å². The number of benzene rings is 3. The lowest BCUT2D eigenvalue weighted by atomic mass is 9.94. The van der Waals surface area contributed by atoms with Gasteiger partial charge in [0.2, 0.25) is 12.0 Å². The molecule has 210 valence electrons. The Labute approximate surface area is 233 Å². The van der Waals surface area contributed by atoms with Gasteiger partial charge in [-0.05, 0) is 54.8 Å². The van der Waals surface area contributed by atoms with Crippen molar-refractivity contribution in [3.63, 3.8) is 0 Å². The highest BCUT2D eigenvalue weighted by molar-refractivity contribution is 6.04. The third-order valence-corrected chi connectivity index (χ3v) is 7.33. The van der Waals surface area contributed by atoms with E-state index in [-0.39, 0.29) is 24.3 Å². The molecule has 1 heterocycles. The van der Waals surface area contributed by atoms with E-state index in [1.54, 1.807) is 48.5 Å². The predicted octanol–water partition coefficient (Wildman–Crippen LogP) is 4.77. The van der Waals surface area contributed by atoms with E-state index in [0.717, 1.165) is 32.1 Å². The number of aromatic hydroxyl groups is 1. The third kappa shape index (κ3) is 5.78. The van der Waals surface area contributed by atoms with Crippen molar-refractivity contribution in [2.75, 3.05) is 25.7 Å². The minimum atomic E-state index is -1.06. The molecular formula is C31H34N2O7. The molecule has 1 aliphatic heterocycles. The molecule has 9 nitrogen and oxygen atoms in total. The van der Waals surface area contributed by atoms with Crippen LogP contribution in [0, 0.1) is 0 Å². The number of fused-ring (bicyclic) bond motifs is 1.